The Labute approximate surface area is 182 Å². The maximum Gasteiger partial charge on any atom is 0.228 e. The van der Waals surface area contributed by atoms with Crippen LogP contribution in [0.25, 0.3) is 22.8 Å². The summed E-state index contributed by atoms with van der Waals surface area (Å²) in [6.45, 7) is 3.27. The minimum absolute atomic E-state index is 0.273. The first-order valence-electron chi connectivity index (χ1n) is 9.05. The van der Waals surface area contributed by atoms with E-state index in [9.17, 15) is 9.50 Å². The Bertz CT molecular complexity index is 1170. The van der Waals surface area contributed by atoms with Crippen molar-refractivity contribution in [1.82, 2.24) is 15.0 Å². The zero-order valence-corrected chi connectivity index (χ0v) is 17.7. The van der Waals surface area contributed by atoms with Crippen LogP contribution in [0.5, 0.6) is 0 Å². The van der Waals surface area contributed by atoms with Gasteiger partial charge in [-0.05, 0) is 68.1 Å². The van der Waals surface area contributed by atoms with Gasteiger partial charge in [-0.15, -0.1) is 0 Å². The molecule has 4 aromatic rings. The van der Waals surface area contributed by atoms with Gasteiger partial charge >= 0.3 is 0 Å². The Kier molecular flexibility index (Phi) is 5.60. The molecular weight excluding hydrogens is 425 g/mol. The molecule has 0 unspecified atom stereocenters. The fourth-order valence-corrected chi connectivity index (χ4v) is 3.64. The van der Waals surface area contributed by atoms with Crippen molar-refractivity contribution in [1.29, 1.82) is 0 Å². The Morgan fingerprint density at radius 1 is 1.07 bits per heavy atom. The van der Waals surface area contributed by atoms with Crippen molar-refractivity contribution in [2.45, 2.75) is 29.4 Å². The van der Waals surface area contributed by atoms with Gasteiger partial charge < -0.3 is 9.52 Å². The maximum atomic E-state index is 13.7. The fourth-order valence-electron chi connectivity index (χ4n) is 2.66. The van der Waals surface area contributed by atoms with Gasteiger partial charge in [0.1, 0.15) is 22.8 Å². The molecule has 0 aliphatic heterocycles. The summed E-state index contributed by atoms with van der Waals surface area (Å²) in [4.78, 5) is 14.1. The normalized spacial score (nSPS) is 11.6. The molecule has 4 rings (SSSR count). The maximum absolute atomic E-state index is 13.7. The largest absolute Gasteiger partial charge is 0.429 e. The quantitative estimate of drug-likeness (QED) is 0.411. The number of rotatable bonds is 5. The Morgan fingerprint density at radius 2 is 1.83 bits per heavy atom. The van der Waals surface area contributed by atoms with Crippen molar-refractivity contribution in [2.75, 3.05) is 0 Å². The zero-order chi connectivity index (χ0) is 21.3. The first-order valence-corrected chi connectivity index (χ1v) is 10.2. The molecule has 2 heterocycles. The highest BCUT2D eigenvalue weighted by atomic mass is 35.5. The van der Waals surface area contributed by atoms with Crippen LogP contribution in [0.4, 0.5) is 4.39 Å². The third-order valence-electron chi connectivity index (χ3n) is 4.21. The van der Waals surface area contributed by atoms with E-state index in [1.165, 1.54) is 36.3 Å². The number of hydrogen-bond acceptors (Lipinski definition) is 6. The van der Waals surface area contributed by atoms with Crippen molar-refractivity contribution in [3.8, 4) is 22.8 Å². The predicted molar refractivity (Wildman–Crippen MR) is 114 cm³/mol. The molecular formula is C22H17ClFN3O2S. The summed E-state index contributed by atoms with van der Waals surface area (Å²) in [5.74, 6) is -0.109. The second kappa shape index (κ2) is 8.18. The molecule has 0 saturated carbocycles. The molecule has 0 atom stereocenters. The van der Waals surface area contributed by atoms with Gasteiger partial charge in [0.05, 0.1) is 18.1 Å². The van der Waals surface area contributed by atoms with Gasteiger partial charge in [0, 0.05) is 15.5 Å². The molecule has 8 heteroatoms. The van der Waals surface area contributed by atoms with Crippen molar-refractivity contribution in [2.24, 2.45) is 0 Å². The number of halogens is 2. The molecule has 0 radical (unpaired) electrons. The molecule has 152 valence electrons. The lowest BCUT2D eigenvalue weighted by molar-refractivity contribution is 0.0734. The number of benzene rings is 2. The molecule has 0 saturated heterocycles. The third-order valence-corrected chi connectivity index (χ3v) is 5.44. The Hall–Kier alpha value is -2.74. The van der Waals surface area contributed by atoms with Crippen molar-refractivity contribution in [3.63, 3.8) is 0 Å². The Morgan fingerprint density at radius 3 is 2.47 bits per heavy atom. The minimum atomic E-state index is -1.11. The lowest BCUT2D eigenvalue weighted by atomic mass is 10.1. The third kappa shape index (κ3) is 4.53. The molecule has 0 aliphatic rings. The lowest BCUT2D eigenvalue weighted by Gasteiger charge is -2.15. The molecule has 0 aliphatic carbocycles. The number of aromatic nitrogens is 3. The summed E-state index contributed by atoms with van der Waals surface area (Å²) < 4.78 is 19.7. The standard InChI is InChI=1S/C22H17ClFN3O2S/c1-22(2,28)18-12-25-17(11-26-18)19-21(30-16-8-6-14(23)7-9-16)29-20(27-19)13-4-3-5-15(24)10-13/h3-12,28H,1-2H3. The number of hydrogen-bond donors (Lipinski definition) is 1. The van der Waals surface area contributed by atoms with Crippen LogP contribution in [-0.2, 0) is 5.60 Å². The van der Waals surface area contributed by atoms with E-state index in [0.717, 1.165) is 4.90 Å². The van der Waals surface area contributed by atoms with E-state index in [-0.39, 0.29) is 11.7 Å². The molecule has 1 N–H and O–H groups in total. The topological polar surface area (TPSA) is 72.0 Å². The molecule has 0 bridgehead atoms. The highest BCUT2D eigenvalue weighted by Crippen LogP contribution is 2.38. The molecule has 2 aromatic heterocycles. The summed E-state index contributed by atoms with van der Waals surface area (Å²) in [6, 6.07) is 13.3. The van der Waals surface area contributed by atoms with Gasteiger partial charge in [-0.1, -0.05) is 17.7 Å². The molecule has 2 aromatic carbocycles. The van der Waals surface area contributed by atoms with Crippen molar-refractivity contribution >= 4 is 23.4 Å². The second-order valence-electron chi connectivity index (χ2n) is 7.07. The first-order chi connectivity index (χ1) is 14.3. The smallest absolute Gasteiger partial charge is 0.228 e. The molecule has 0 spiro atoms. The van der Waals surface area contributed by atoms with Crippen LogP contribution >= 0.6 is 23.4 Å². The first kappa shape index (κ1) is 20.5. The zero-order valence-electron chi connectivity index (χ0n) is 16.1. The second-order valence-corrected chi connectivity index (χ2v) is 8.55. The number of oxazole rings is 1. The van der Waals surface area contributed by atoms with Gasteiger partial charge in [0.15, 0.2) is 5.09 Å². The predicted octanol–water partition coefficient (Wildman–Crippen LogP) is 5.97. The van der Waals surface area contributed by atoms with Gasteiger partial charge in [0.2, 0.25) is 5.89 Å². The highest BCUT2D eigenvalue weighted by molar-refractivity contribution is 7.99. The van der Waals surface area contributed by atoms with E-state index in [1.807, 2.05) is 12.1 Å². The van der Waals surface area contributed by atoms with Gasteiger partial charge in [-0.25, -0.2) is 9.37 Å². The monoisotopic (exact) mass is 441 g/mol. The van der Waals surface area contributed by atoms with Crippen molar-refractivity contribution < 1.29 is 13.9 Å². The van der Waals surface area contributed by atoms with E-state index in [2.05, 4.69) is 15.0 Å². The SMILES string of the molecule is CC(C)(O)c1cnc(-c2nc(-c3cccc(F)c3)oc2Sc2ccc(Cl)cc2)cn1. The molecule has 0 fully saturated rings. The van der Waals surface area contributed by atoms with Crippen LogP contribution in [0.3, 0.4) is 0 Å². The van der Waals surface area contributed by atoms with Gasteiger partial charge in [-0.2, -0.15) is 0 Å². The summed E-state index contributed by atoms with van der Waals surface area (Å²) in [5, 5.41) is 11.2. The summed E-state index contributed by atoms with van der Waals surface area (Å²) >= 11 is 7.32. The summed E-state index contributed by atoms with van der Waals surface area (Å²) in [7, 11) is 0. The van der Waals surface area contributed by atoms with Crippen LogP contribution in [0, 0.1) is 5.82 Å². The van der Waals surface area contributed by atoms with Crippen molar-refractivity contribution in [3.05, 3.63) is 77.5 Å². The van der Waals surface area contributed by atoms with Crippen LogP contribution in [-0.4, -0.2) is 20.1 Å². The average molecular weight is 442 g/mol. The van der Waals surface area contributed by atoms with Gasteiger partial charge in [-0.3, -0.25) is 9.97 Å². The van der Waals surface area contributed by atoms with E-state index in [1.54, 1.807) is 38.1 Å². The van der Waals surface area contributed by atoms with E-state index < -0.39 is 5.60 Å². The summed E-state index contributed by atoms with van der Waals surface area (Å²) in [5.41, 5.74) is 0.797. The van der Waals surface area contributed by atoms with E-state index >= 15 is 0 Å². The average Bonchev–Trinajstić information content (AvgIpc) is 3.13. The minimum Gasteiger partial charge on any atom is -0.429 e. The van der Waals surface area contributed by atoms with Crippen LogP contribution in [0.15, 0.2) is 75.3 Å². The van der Waals surface area contributed by atoms with E-state index in [4.69, 9.17) is 16.0 Å². The fraction of sp³-hybridized carbons (Fsp3) is 0.136. The highest BCUT2D eigenvalue weighted by Gasteiger charge is 2.22. The van der Waals surface area contributed by atoms with Gasteiger partial charge in [0.25, 0.3) is 0 Å². The van der Waals surface area contributed by atoms with Crippen LogP contribution in [0.2, 0.25) is 5.02 Å². The summed E-state index contributed by atoms with van der Waals surface area (Å²) in [6.07, 6.45) is 3.04. The van der Waals surface area contributed by atoms with Crippen LogP contribution < -0.4 is 0 Å². The van der Waals surface area contributed by atoms with E-state index in [0.29, 0.717) is 32.8 Å². The Balaban J connectivity index is 1.77. The molecule has 30 heavy (non-hydrogen) atoms. The van der Waals surface area contributed by atoms with Crippen LogP contribution in [0.1, 0.15) is 19.5 Å². The number of nitrogens with zero attached hydrogens (tertiary/aromatic N) is 3. The molecule has 5 nitrogen and oxygen atoms in total. The number of aliphatic hydroxyl groups is 1. The lowest BCUT2D eigenvalue weighted by Crippen LogP contribution is -2.17. The molecule has 0 amide bonds.